The maximum Gasteiger partial charge on any atom is 0.417 e. The largest absolute Gasteiger partial charge is 0.461 e. The van der Waals surface area contributed by atoms with Crippen LogP contribution < -0.4 is 21.1 Å². The molecule has 0 spiro atoms. The molecular formula is C36H35F6N9O2S. The van der Waals surface area contributed by atoms with Gasteiger partial charge >= 0.3 is 12.2 Å². The van der Waals surface area contributed by atoms with E-state index in [0.29, 0.717) is 43.0 Å². The molecule has 284 valence electrons. The Morgan fingerprint density at radius 3 is 2.72 bits per heavy atom. The van der Waals surface area contributed by atoms with Gasteiger partial charge in [0.05, 0.1) is 39.3 Å². The second-order valence-electron chi connectivity index (χ2n) is 13.9. The molecule has 2 aromatic carbocycles. The summed E-state index contributed by atoms with van der Waals surface area (Å²) in [5.41, 5.74) is 7.97. The van der Waals surface area contributed by atoms with Gasteiger partial charge in [-0.3, -0.25) is 14.7 Å². The fraction of sp³-hybridized carbons (Fsp3) is 0.417. The van der Waals surface area contributed by atoms with Crippen LogP contribution in [0.1, 0.15) is 36.8 Å². The van der Waals surface area contributed by atoms with E-state index in [0.717, 1.165) is 24.6 Å². The highest BCUT2D eigenvalue weighted by Gasteiger charge is 2.49. The number of fused-ring (bicyclic) bond motifs is 3. The summed E-state index contributed by atoms with van der Waals surface area (Å²) in [5, 5.41) is 9.15. The number of aromatic nitrogens is 2. The molecule has 3 aliphatic heterocycles. The van der Waals surface area contributed by atoms with Crippen LogP contribution >= 0.6 is 11.3 Å². The summed E-state index contributed by atoms with van der Waals surface area (Å²) in [6.45, 7) is 1.27. The zero-order chi connectivity index (χ0) is 38.7. The third kappa shape index (κ3) is 6.53. The van der Waals surface area contributed by atoms with E-state index >= 15 is 17.6 Å². The molecule has 5 heterocycles. The van der Waals surface area contributed by atoms with Crippen LogP contribution in [0.25, 0.3) is 32.1 Å². The lowest BCUT2D eigenvalue weighted by Gasteiger charge is -2.31. The topological polar surface area (TPSA) is 150 Å². The zero-order valence-electron chi connectivity index (χ0n) is 29.2. The minimum atomic E-state index is -5.16. The van der Waals surface area contributed by atoms with Crippen molar-refractivity contribution in [3.8, 4) is 23.2 Å². The number of anilines is 2. The van der Waals surface area contributed by atoms with Crippen molar-refractivity contribution in [1.29, 1.82) is 5.26 Å². The number of nitrogens with zero attached hydrogens (tertiary/aromatic N) is 7. The highest BCUT2D eigenvalue weighted by molar-refractivity contribution is 7.23. The summed E-state index contributed by atoms with van der Waals surface area (Å²) < 4.78 is 98.0. The number of halogens is 6. The van der Waals surface area contributed by atoms with Crippen molar-refractivity contribution in [1.82, 2.24) is 19.8 Å². The van der Waals surface area contributed by atoms with Gasteiger partial charge in [0.15, 0.2) is 5.82 Å². The molecule has 18 heteroatoms. The van der Waals surface area contributed by atoms with E-state index in [-0.39, 0.29) is 76.2 Å². The van der Waals surface area contributed by atoms with Crippen molar-refractivity contribution in [2.45, 2.75) is 43.6 Å². The number of hydrogen-bond acceptors (Lipinski definition) is 11. The third-order valence-corrected chi connectivity index (χ3v) is 11.2. The van der Waals surface area contributed by atoms with Crippen LogP contribution in [-0.4, -0.2) is 96.5 Å². The first kappa shape index (κ1) is 37.2. The minimum absolute atomic E-state index is 0.0512. The van der Waals surface area contributed by atoms with Gasteiger partial charge in [-0.15, -0.1) is 11.3 Å². The first-order valence-corrected chi connectivity index (χ1v) is 17.9. The van der Waals surface area contributed by atoms with Crippen LogP contribution in [-0.2, 0) is 11.0 Å². The quantitative estimate of drug-likeness (QED) is 0.176. The van der Waals surface area contributed by atoms with E-state index < -0.39 is 57.6 Å². The number of nitrogen functional groups attached to an aromatic ring is 1. The third-order valence-electron chi connectivity index (χ3n) is 10.2. The molecule has 2 saturated heterocycles. The fourth-order valence-corrected chi connectivity index (χ4v) is 8.67. The van der Waals surface area contributed by atoms with Crippen LogP contribution in [0, 0.1) is 23.0 Å². The molecule has 0 bridgehead atoms. The summed E-state index contributed by atoms with van der Waals surface area (Å²) in [5.74, 6) is -2.84. The average Bonchev–Trinajstić information content (AvgIpc) is 3.70. The Hall–Kier alpha value is -5.15. The van der Waals surface area contributed by atoms with E-state index in [9.17, 15) is 18.8 Å². The van der Waals surface area contributed by atoms with Gasteiger partial charge in [0, 0.05) is 56.5 Å². The summed E-state index contributed by atoms with van der Waals surface area (Å²) in [4.78, 5) is 30.8. The van der Waals surface area contributed by atoms with E-state index in [1.165, 1.54) is 25.1 Å². The van der Waals surface area contributed by atoms with Crippen LogP contribution in [0.15, 0.2) is 35.0 Å². The Bertz CT molecular complexity index is 2280. The normalized spacial score (nSPS) is 20.9. The van der Waals surface area contributed by atoms with E-state index in [4.69, 9.17) is 16.2 Å². The zero-order valence-corrected chi connectivity index (χ0v) is 30.1. The Kier molecular flexibility index (Phi) is 9.59. The Balaban J connectivity index is 1.44. The Morgan fingerprint density at radius 2 is 2.00 bits per heavy atom. The number of ether oxygens (including phenoxy) is 1. The maximum atomic E-state index is 17.2. The molecule has 11 nitrogen and oxygen atoms in total. The van der Waals surface area contributed by atoms with Gasteiger partial charge in [-0.25, -0.2) is 13.2 Å². The molecule has 7 rings (SSSR count). The molecule has 2 fully saturated rings. The second-order valence-corrected chi connectivity index (χ2v) is 15.0. The van der Waals surface area contributed by atoms with Crippen molar-refractivity contribution in [3.63, 3.8) is 0 Å². The molecule has 1 amide bonds. The number of nitrogens with two attached hydrogens (primary N) is 2. The molecule has 3 aliphatic rings. The Labute approximate surface area is 309 Å². The number of carbonyl (C=O) groups excluding carboxylic acids is 1. The Morgan fingerprint density at radius 1 is 1.22 bits per heavy atom. The maximum absolute atomic E-state index is 17.2. The lowest BCUT2D eigenvalue weighted by Crippen LogP contribution is -2.43. The van der Waals surface area contributed by atoms with E-state index in [1.807, 2.05) is 11.0 Å². The first-order valence-electron chi connectivity index (χ1n) is 17.1. The minimum Gasteiger partial charge on any atom is -0.461 e. The number of aliphatic imine (C=N–C) groups is 1. The average molecular weight is 772 g/mol. The molecule has 2 atom stereocenters. The molecule has 0 radical (unpaired) electrons. The van der Waals surface area contributed by atoms with Gasteiger partial charge in [0.25, 0.3) is 5.91 Å². The monoisotopic (exact) mass is 771 g/mol. The molecular weight excluding hydrogens is 737 g/mol. The van der Waals surface area contributed by atoms with Crippen molar-refractivity contribution in [2.75, 3.05) is 64.1 Å². The molecule has 4 N–H and O–H groups in total. The SMILES string of the molecule is CN(C)C(=O)/C(N)=C/C1=NCCCN(c2nc(OCC34CCCN3CC(F)C4)nc3c(F)c(-c4ccc(F)c5sc(N)c(C#N)c45)c(C(F)(F)F)cc23)C1. The second kappa shape index (κ2) is 13.9. The molecule has 2 unspecified atom stereocenters. The summed E-state index contributed by atoms with van der Waals surface area (Å²) in [6.07, 6.45) is -2.79. The van der Waals surface area contributed by atoms with Gasteiger partial charge in [-0.1, -0.05) is 6.07 Å². The first-order chi connectivity index (χ1) is 25.6. The van der Waals surface area contributed by atoms with Crippen LogP contribution in [0.2, 0.25) is 0 Å². The molecule has 0 saturated carbocycles. The standard InChI is InChI=1S/C36H35F6N9O2S/c1-49(2)33(52)25(44)11-19-16-50(9-4-8-46-19)32-21-12-23(36(40,41)42)27(20-5-6-24(38)30-26(20)22(14-43)31(45)54-30)28(39)29(21)47-34(48-32)53-17-35-7-3-10-51(35)15-18(37)13-35/h5-6,11-12,18H,3-4,7-10,13,15-17,44-45H2,1-2H3/b25-11-. The lowest BCUT2D eigenvalue weighted by atomic mass is 9.92. The molecule has 2 aromatic heterocycles. The van der Waals surface area contributed by atoms with Gasteiger partial charge in [0.1, 0.15) is 41.0 Å². The number of alkyl halides is 4. The number of thiophene rings is 1. The van der Waals surface area contributed by atoms with E-state index in [1.54, 1.807) is 4.90 Å². The van der Waals surface area contributed by atoms with Crippen molar-refractivity contribution in [3.05, 3.63) is 52.7 Å². The highest BCUT2D eigenvalue weighted by atomic mass is 32.1. The summed E-state index contributed by atoms with van der Waals surface area (Å²) >= 11 is 0.666. The number of nitriles is 1. The fourth-order valence-electron chi connectivity index (χ4n) is 7.72. The predicted octanol–water partition coefficient (Wildman–Crippen LogP) is 5.80. The van der Waals surface area contributed by atoms with Crippen LogP contribution in [0.3, 0.4) is 0 Å². The lowest BCUT2D eigenvalue weighted by molar-refractivity contribution is -0.137. The molecule has 4 aromatic rings. The number of hydrogen-bond donors (Lipinski definition) is 2. The van der Waals surface area contributed by atoms with Crippen LogP contribution in [0.4, 0.5) is 37.2 Å². The van der Waals surface area contributed by atoms with Crippen LogP contribution in [0.5, 0.6) is 6.01 Å². The molecule has 54 heavy (non-hydrogen) atoms. The summed E-state index contributed by atoms with van der Waals surface area (Å²) in [6, 6.07) is 4.06. The van der Waals surface area contributed by atoms with Gasteiger partial charge in [-0.2, -0.15) is 28.4 Å². The van der Waals surface area contributed by atoms with Crippen molar-refractivity contribution in [2.24, 2.45) is 10.7 Å². The summed E-state index contributed by atoms with van der Waals surface area (Å²) in [7, 11) is 3.05. The number of rotatable bonds is 7. The number of amides is 1. The van der Waals surface area contributed by atoms with Crippen molar-refractivity contribution >= 4 is 54.8 Å². The van der Waals surface area contributed by atoms with Gasteiger partial charge < -0.3 is 26.0 Å². The van der Waals surface area contributed by atoms with Gasteiger partial charge in [-0.05, 0) is 49.6 Å². The van der Waals surface area contributed by atoms with Gasteiger partial charge in [0.2, 0.25) is 0 Å². The molecule has 0 aliphatic carbocycles. The van der Waals surface area contributed by atoms with E-state index in [2.05, 4.69) is 15.0 Å². The highest BCUT2D eigenvalue weighted by Crippen LogP contribution is 2.48. The predicted molar refractivity (Wildman–Crippen MR) is 193 cm³/mol. The number of benzene rings is 2. The van der Waals surface area contributed by atoms with Crippen molar-refractivity contribution < 1.29 is 35.9 Å². The number of carbonyl (C=O) groups is 1. The number of likely N-dealkylation sites (N-methyl/N-ethyl adjacent to an activating group) is 1. The smallest absolute Gasteiger partial charge is 0.417 e.